The summed E-state index contributed by atoms with van der Waals surface area (Å²) in [5.74, 6) is 0.616. The summed E-state index contributed by atoms with van der Waals surface area (Å²) in [4.78, 5) is 0.101. The molecule has 6 heteroatoms. The highest BCUT2D eigenvalue weighted by Gasteiger charge is 2.14. The molecule has 0 fully saturated rings. The van der Waals surface area contributed by atoms with Crippen molar-refractivity contribution in [2.75, 3.05) is 13.2 Å². The van der Waals surface area contributed by atoms with Crippen LogP contribution < -0.4 is 9.88 Å². The molecule has 5 nitrogen and oxygen atoms in total. The number of hydrogen-bond donors (Lipinski definition) is 1. The number of benzene rings is 2. The molecule has 0 radical (unpaired) electrons. The minimum atomic E-state index is -3.76. The quantitative estimate of drug-likeness (QED) is 0.830. The third-order valence-electron chi connectivity index (χ3n) is 2.94. The number of rotatable bonds is 6. The second-order valence-electron chi connectivity index (χ2n) is 4.92. The molecule has 0 unspecified atom stereocenters. The van der Waals surface area contributed by atoms with Crippen molar-refractivity contribution < 1.29 is 17.9 Å². The Morgan fingerprint density at radius 1 is 1.05 bits per heavy atom. The van der Waals surface area contributed by atoms with Crippen molar-refractivity contribution in [3.05, 3.63) is 36.4 Å². The van der Waals surface area contributed by atoms with Gasteiger partial charge in [-0.15, -0.1) is 0 Å². The summed E-state index contributed by atoms with van der Waals surface area (Å²) in [7, 11) is -3.76. The summed E-state index contributed by atoms with van der Waals surface area (Å²) in [6.45, 7) is 4.78. The maximum absolute atomic E-state index is 11.6. The fourth-order valence-electron chi connectivity index (χ4n) is 2.05. The predicted octanol–water partition coefficient (Wildman–Crippen LogP) is 2.29. The Balaban J connectivity index is 2.31. The van der Waals surface area contributed by atoms with E-state index in [2.05, 4.69) is 0 Å². The van der Waals surface area contributed by atoms with Crippen LogP contribution in [-0.2, 0) is 14.8 Å². The van der Waals surface area contributed by atoms with E-state index in [1.165, 1.54) is 6.07 Å². The first-order valence-corrected chi connectivity index (χ1v) is 8.23. The average molecular weight is 309 g/mol. The molecule has 2 rings (SSSR count). The van der Waals surface area contributed by atoms with Crippen LogP contribution in [0, 0.1) is 0 Å². The molecular formula is C15H19NO4S. The summed E-state index contributed by atoms with van der Waals surface area (Å²) in [6.07, 6.45) is 0.148. The van der Waals surface area contributed by atoms with Gasteiger partial charge < -0.3 is 9.47 Å². The predicted molar refractivity (Wildman–Crippen MR) is 81.9 cm³/mol. The maximum Gasteiger partial charge on any atom is 0.238 e. The first-order valence-electron chi connectivity index (χ1n) is 6.68. The van der Waals surface area contributed by atoms with Crippen LogP contribution in [0.2, 0.25) is 0 Å². The lowest BCUT2D eigenvalue weighted by Crippen LogP contribution is -2.13. The minimum Gasteiger partial charge on any atom is -0.491 e. The minimum absolute atomic E-state index is 0.101. The number of primary sulfonamides is 1. The zero-order valence-electron chi connectivity index (χ0n) is 12.1. The van der Waals surface area contributed by atoms with Gasteiger partial charge in [-0.1, -0.05) is 24.3 Å². The fraction of sp³-hybridized carbons (Fsp3) is 0.333. The highest BCUT2D eigenvalue weighted by atomic mass is 32.2. The van der Waals surface area contributed by atoms with Gasteiger partial charge in [0.05, 0.1) is 17.6 Å². The van der Waals surface area contributed by atoms with E-state index in [0.29, 0.717) is 29.7 Å². The Morgan fingerprint density at radius 3 is 2.33 bits per heavy atom. The second kappa shape index (κ2) is 6.43. The molecule has 0 heterocycles. The number of ether oxygens (including phenoxy) is 2. The molecule has 0 saturated heterocycles. The molecule has 0 atom stereocenters. The summed E-state index contributed by atoms with van der Waals surface area (Å²) < 4.78 is 34.3. The molecule has 0 aliphatic rings. The van der Waals surface area contributed by atoms with Gasteiger partial charge in [0.25, 0.3) is 0 Å². The molecule has 0 aromatic heterocycles. The van der Waals surface area contributed by atoms with Crippen LogP contribution in [0.15, 0.2) is 41.3 Å². The normalized spacial score (nSPS) is 12.0. The molecule has 2 N–H and O–H groups in total. The Hall–Kier alpha value is -1.63. The first-order chi connectivity index (χ1) is 9.89. The Labute approximate surface area is 124 Å². The van der Waals surface area contributed by atoms with Gasteiger partial charge >= 0.3 is 0 Å². The van der Waals surface area contributed by atoms with Crippen molar-refractivity contribution >= 4 is 20.8 Å². The second-order valence-corrected chi connectivity index (χ2v) is 6.45. The van der Waals surface area contributed by atoms with Crippen molar-refractivity contribution in [2.24, 2.45) is 5.14 Å². The molecular weight excluding hydrogens is 290 g/mol. The highest BCUT2D eigenvalue weighted by molar-refractivity contribution is 7.89. The van der Waals surface area contributed by atoms with Crippen molar-refractivity contribution in [3.8, 4) is 5.75 Å². The van der Waals surface area contributed by atoms with Crippen molar-refractivity contribution in [1.29, 1.82) is 0 Å². The van der Waals surface area contributed by atoms with Crippen LogP contribution in [0.25, 0.3) is 10.8 Å². The van der Waals surface area contributed by atoms with Gasteiger partial charge in [0.2, 0.25) is 10.0 Å². The molecule has 0 amide bonds. The van der Waals surface area contributed by atoms with E-state index in [4.69, 9.17) is 14.6 Å². The molecule has 2 aromatic carbocycles. The number of sulfonamides is 1. The molecule has 0 spiro atoms. The number of fused-ring (bicyclic) bond motifs is 1. The highest BCUT2D eigenvalue weighted by Crippen LogP contribution is 2.30. The van der Waals surface area contributed by atoms with E-state index in [9.17, 15) is 8.42 Å². The van der Waals surface area contributed by atoms with E-state index in [1.807, 2.05) is 26.0 Å². The summed E-state index contributed by atoms with van der Waals surface area (Å²) in [6, 6.07) is 10.2. The molecule has 21 heavy (non-hydrogen) atoms. The van der Waals surface area contributed by atoms with E-state index in [1.54, 1.807) is 18.2 Å². The van der Waals surface area contributed by atoms with Crippen LogP contribution in [0.5, 0.6) is 5.75 Å². The topological polar surface area (TPSA) is 78.6 Å². The third-order valence-corrected chi connectivity index (χ3v) is 3.91. The average Bonchev–Trinajstić information content (AvgIpc) is 2.42. The van der Waals surface area contributed by atoms with Crippen LogP contribution in [0.3, 0.4) is 0 Å². The van der Waals surface area contributed by atoms with Gasteiger partial charge in [-0.2, -0.15) is 0 Å². The zero-order valence-corrected chi connectivity index (χ0v) is 12.9. The van der Waals surface area contributed by atoms with Gasteiger partial charge in [-0.25, -0.2) is 13.6 Å². The van der Waals surface area contributed by atoms with Crippen molar-refractivity contribution in [3.63, 3.8) is 0 Å². The van der Waals surface area contributed by atoms with Gasteiger partial charge in [0.15, 0.2) is 0 Å². The van der Waals surface area contributed by atoms with Crippen molar-refractivity contribution in [2.45, 2.75) is 24.8 Å². The molecule has 0 aliphatic carbocycles. The largest absolute Gasteiger partial charge is 0.491 e. The lowest BCUT2D eigenvalue weighted by Gasteiger charge is -2.12. The van der Waals surface area contributed by atoms with E-state index < -0.39 is 10.0 Å². The monoisotopic (exact) mass is 309 g/mol. The van der Waals surface area contributed by atoms with E-state index >= 15 is 0 Å². The molecule has 2 aromatic rings. The van der Waals surface area contributed by atoms with Crippen LogP contribution in [-0.4, -0.2) is 27.7 Å². The molecule has 0 saturated carbocycles. The lowest BCUT2D eigenvalue weighted by molar-refractivity contribution is 0.0556. The molecule has 0 bridgehead atoms. The summed E-state index contributed by atoms with van der Waals surface area (Å²) in [5, 5.41) is 6.51. The molecule has 0 aliphatic heterocycles. The van der Waals surface area contributed by atoms with Gasteiger partial charge in [-0.05, 0) is 26.0 Å². The Morgan fingerprint density at radius 2 is 1.71 bits per heavy atom. The van der Waals surface area contributed by atoms with Gasteiger partial charge in [0.1, 0.15) is 12.4 Å². The number of nitrogens with two attached hydrogens (primary N) is 1. The molecule has 114 valence electrons. The Kier molecular flexibility index (Phi) is 4.82. The summed E-state index contributed by atoms with van der Waals surface area (Å²) >= 11 is 0. The SMILES string of the molecule is CC(C)OCCOc1ccc(S(N)(=O)=O)c2ccccc12. The zero-order chi connectivity index (χ0) is 15.5. The van der Waals surface area contributed by atoms with E-state index in [-0.39, 0.29) is 11.0 Å². The van der Waals surface area contributed by atoms with Crippen LogP contribution >= 0.6 is 0 Å². The summed E-state index contributed by atoms with van der Waals surface area (Å²) in [5.41, 5.74) is 0. The van der Waals surface area contributed by atoms with Crippen LogP contribution in [0.4, 0.5) is 0 Å². The standard InChI is InChI=1S/C15H19NO4S/c1-11(2)19-9-10-20-14-7-8-15(21(16,17)18)13-6-4-3-5-12(13)14/h3-8,11H,9-10H2,1-2H3,(H2,16,17,18). The van der Waals surface area contributed by atoms with E-state index in [0.717, 1.165) is 0 Å². The van der Waals surface area contributed by atoms with Crippen LogP contribution in [0.1, 0.15) is 13.8 Å². The first kappa shape index (κ1) is 15.8. The number of hydrogen-bond acceptors (Lipinski definition) is 4. The van der Waals surface area contributed by atoms with Crippen molar-refractivity contribution in [1.82, 2.24) is 0 Å². The smallest absolute Gasteiger partial charge is 0.238 e. The van der Waals surface area contributed by atoms with Gasteiger partial charge in [0, 0.05) is 10.8 Å². The lowest BCUT2D eigenvalue weighted by atomic mass is 10.1. The fourth-order valence-corrected chi connectivity index (χ4v) is 2.80. The third kappa shape index (κ3) is 3.93. The maximum atomic E-state index is 11.6. The Bertz CT molecular complexity index is 726. The van der Waals surface area contributed by atoms with Gasteiger partial charge in [-0.3, -0.25) is 0 Å².